The SMILES string of the molecule is CC(C)c1ccc(C(C)(C)c2cc(Cl)cc(-c3c(C(N)=O)sc4ccc(C(C)(C)S(C)(=O)=O)cc34)c2)s1. The molecule has 0 atom stereocenters. The van der Waals surface area contributed by atoms with E-state index >= 15 is 0 Å². The summed E-state index contributed by atoms with van der Waals surface area (Å²) < 4.78 is 24.9. The van der Waals surface area contributed by atoms with Gasteiger partial charge in [0.25, 0.3) is 5.91 Å². The molecule has 4 nitrogen and oxygen atoms in total. The van der Waals surface area contributed by atoms with Crippen LogP contribution >= 0.6 is 34.3 Å². The summed E-state index contributed by atoms with van der Waals surface area (Å²) in [6.07, 6.45) is 1.24. The van der Waals surface area contributed by atoms with Crippen molar-refractivity contribution >= 4 is 60.1 Å². The molecule has 0 radical (unpaired) electrons. The standard InChI is InChI=1S/C29H32ClNO3S3/c1-16(2)22-10-11-24(35-22)28(3,4)19-12-17(13-20(30)14-19)25-21-15-18(29(5,6)37(7,33)34)8-9-23(21)36-26(25)27(31)32/h8-16H,1-7H3,(H2,31,32). The summed E-state index contributed by atoms with van der Waals surface area (Å²) in [4.78, 5) is 15.5. The van der Waals surface area contributed by atoms with Crippen LogP contribution < -0.4 is 5.73 Å². The molecule has 1 amide bonds. The lowest BCUT2D eigenvalue weighted by molar-refractivity contribution is 0.100. The molecule has 0 saturated carbocycles. The number of rotatable bonds is 7. The molecule has 4 aromatic rings. The average Bonchev–Trinajstić information content (AvgIpc) is 3.43. The topological polar surface area (TPSA) is 77.2 Å². The Hall–Kier alpha value is -2.19. The van der Waals surface area contributed by atoms with Crippen molar-refractivity contribution in [2.75, 3.05) is 6.26 Å². The quantitative estimate of drug-likeness (QED) is 0.242. The average molecular weight is 574 g/mol. The Labute approximate surface area is 232 Å². The summed E-state index contributed by atoms with van der Waals surface area (Å²) in [7, 11) is -3.39. The first-order valence-electron chi connectivity index (χ1n) is 12.0. The van der Waals surface area contributed by atoms with Gasteiger partial charge in [0.15, 0.2) is 9.84 Å². The Morgan fingerprint density at radius 1 is 0.946 bits per heavy atom. The minimum absolute atomic E-state index is 0.320. The fourth-order valence-corrected chi connectivity index (χ4v) is 7.36. The molecule has 2 N–H and O–H groups in total. The highest BCUT2D eigenvalue weighted by Gasteiger charge is 2.33. The zero-order chi connectivity index (χ0) is 27.5. The highest BCUT2D eigenvalue weighted by Crippen LogP contribution is 2.45. The fraction of sp³-hybridized carbons (Fsp3) is 0.345. The predicted molar refractivity (Wildman–Crippen MR) is 159 cm³/mol. The number of primary amides is 1. The van der Waals surface area contributed by atoms with Crippen molar-refractivity contribution in [3.05, 3.63) is 79.3 Å². The highest BCUT2D eigenvalue weighted by molar-refractivity contribution is 7.91. The molecule has 0 spiro atoms. The van der Waals surface area contributed by atoms with E-state index in [9.17, 15) is 13.2 Å². The molecule has 0 aliphatic rings. The summed E-state index contributed by atoms with van der Waals surface area (Å²) in [6.45, 7) is 12.1. The van der Waals surface area contributed by atoms with Crippen molar-refractivity contribution in [1.82, 2.24) is 0 Å². The van der Waals surface area contributed by atoms with Crippen LogP contribution in [0.1, 0.15) is 78.0 Å². The zero-order valence-electron chi connectivity index (χ0n) is 22.1. The Kier molecular flexibility index (Phi) is 7.17. The number of carbonyl (C=O) groups is 1. The number of halogens is 1. The summed E-state index contributed by atoms with van der Waals surface area (Å²) in [5.74, 6) is -0.0779. The van der Waals surface area contributed by atoms with Crippen LogP contribution in [0.5, 0.6) is 0 Å². The number of hydrogen-bond acceptors (Lipinski definition) is 5. The van der Waals surface area contributed by atoms with E-state index in [-0.39, 0.29) is 5.41 Å². The molecule has 0 fully saturated rings. The Morgan fingerprint density at radius 2 is 1.62 bits per heavy atom. The van der Waals surface area contributed by atoms with Crippen molar-refractivity contribution in [2.45, 2.75) is 57.6 Å². The van der Waals surface area contributed by atoms with Crippen molar-refractivity contribution in [3.8, 4) is 11.1 Å². The molecule has 0 unspecified atom stereocenters. The van der Waals surface area contributed by atoms with Gasteiger partial charge in [-0.2, -0.15) is 0 Å². The molecule has 2 heterocycles. The number of nitrogens with two attached hydrogens (primary N) is 1. The number of carbonyl (C=O) groups excluding carboxylic acids is 1. The van der Waals surface area contributed by atoms with E-state index in [1.807, 2.05) is 30.3 Å². The number of benzene rings is 2. The third kappa shape index (κ3) is 4.99. The van der Waals surface area contributed by atoms with Crippen LogP contribution in [0.15, 0.2) is 48.5 Å². The van der Waals surface area contributed by atoms with Crippen LogP contribution in [0.25, 0.3) is 21.2 Å². The molecule has 0 bridgehead atoms. The number of fused-ring (bicyclic) bond motifs is 1. The van der Waals surface area contributed by atoms with Crippen LogP contribution in [0.4, 0.5) is 0 Å². The first kappa shape index (κ1) is 27.8. The molecule has 0 saturated heterocycles. The molecular formula is C29H32ClNO3S3. The van der Waals surface area contributed by atoms with Crippen molar-refractivity contribution < 1.29 is 13.2 Å². The van der Waals surface area contributed by atoms with Gasteiger partial charge in [-0.05, 0) is 72.9 Å². The van der Waals surface area contributed by atoms with Gasteiger partial charge in [-0.1, -0.05) is 51.4 Å². The third-order valence-corrected chi connectivity index (χ3v) is 12.5. The van der Waals surface area contributed by atoms with E-state index in [0.717, 1.165) is 21.2 Å². The molecule has 4 rings (SSSR count). The van der Waals surface area contributed by atoms with Gasteiger partial charge in [0.2, 0.25) is 0 Å². The lowest BCUT2D eigenvalue weighted by atomic mass is 9.81. The fourth-order valence-electron chi connectivity index (χ4n) is 4.38. The molecule has 2 aromatic heterocycles. The van der Waals surface area contributed by atoms with E-state index < -0.39 is 20.5 Å². The zero-order valence-corrected chi connectivity index (χ0v) is 25.3. The van der Waals surface area contributed by atoms with Gasteiger partial charge in [0, 0.05) is 42.1 Å². The number of sulfone groups is 1. The van der Waals surface area contributed by atoms with E-state index in [4.69, 9.17) is 17.3 Å². The Morgan fingerprint density at radius 3 is 2.19 bits per heavy atom. The first-order chi connectivity index (χ1) is 17.0. The minimum atomic E-state index is -3.39. The first-order valence-corrected chi connectivity index (χ1v) is 15.9. The highest BCUT2D eigenvalue weighted by atomic mass is 35.5. The number of hydrogen-bond donors (Lipinski definition) is 1. The number of thiophene rings is 2. The van der Waals surface area contributed by atoms with Crippen LogP contribution in [-0.4, -0.2) is 20.6 Å². The van der Waals surface area contributed by atoms with E-state index in [1.54, 1.807) is 25.2 Å². The minimum Gasteiger partial charge on any atom is -0.365 e. The Bertz CT molecular complexity index is 1630. The van der Waals surface area contributed by atoms with E-state index in [2.05, 4.69) is 45.9 Å². The lowest BCUT2D eigenvalue weighted by Crippen LogP contribution is -2.27. The predicted octanol–water partition coefficient (Wildman–Crippen LogP) is 8.11. The largest absolute Gasteiger partial charge is 0.365 e. The van der Waals surface area contributed by atoms with Crippen LogP contribution in [-0.2, 0) is 20.0 Å². The molecule has 37 heavy (non-hydrogen) atoms. The third-order valence-electron chi connectivity index (χ3n) is 7.25. The molecule has 0 aliphatic carbocycles. The van der Waals surface area contributed by atoms with Crippen molar-refractivity contribution in [1.29, 1.82) is 0 Å². The summed E-state index contributed by atoms with van der Waals surface area (Å²) >= 11 is 9.78. The van der Waals surface area contributed by atoms with Crippen LogP contribution in [0.2, 0.25) is 5.02 Å². The summed E-state index contributed by atoms with van der Waals surface area (Å²) in [6, 6.07) is 15.8. The monoisotopic (exact) mass is 573 g/mol. The van der Waals surface area contributed by atoms with Gasteiger partial charge in [-0.25, -0.2) is 8.42 Å². The summed E-state index contributed by atoms with van der Waals surface area (Å²) in [5.41, 5.74) is 8.66. The second-order valence-corrected chi connectivity index (χ2v) is 16.0. The summed E-state index contributed by atoms with van der Waals surface area (Å²) in [5, 5.41) is 1.35. The second-order valence-electron chi connectivity index (χ2n) is 10.9. The molecule has 8 heteroatoms. The smallest absolute Gasteiger partial charge is 0.259 e. The van der Waals surface area contributed by atoms with Gasteiger partial charge >= 0.3 is 0 Å². The van der Waals surface area contributed by atoms with Gasteiger partial charge in [-0.15, -0.1) is 22.7 Å². The van der Waals surface area contributed by atoms with Crippen LogP contribution in [0, 0.1) is 0 Å². The van der Waals surface area contributed by atoms with Gasteiger partial charge in [0.1, 0.15) is 4.88 Å². The maximum absolute atomic E-state index is 12.6. The molecule has 196 valence electrons. The maximum atomic E-state index is 12.6. The maximum Gasteiger partial charge on any atom is 0.259 e. The van der Waals surface area contributed by atoms with Crippen LogP contribution in [0.3, 0.4) is 0 Å². The van der Waals surface area contributed by atoms with Crippen molar-refractivity contribution in [2.24, 2.45) is 5.73 Å². The number of amides is 1. The molecule has 2 aromatic carbocycles. The molecular weight excluding hydrogens is 542 g/mol. The lowest BCUT2D eigenvalue weighted by Gasteiger charge is -2.25. The Balaban J connectivity index is 1.96. The molecule has 0 aliphatic heterocycles. The van der Waals surface area contributed by atoms with Gasteiger partial charge in [0.05, 0.1) is 4.75 Å². The van der Waals surface area contributed by atoms with Crippen molar-refractivity contribution in [3.63, 3.8) is 0 Å². The van der Waals surface area contributed by atoms with E-state index in [0.29, 0.717) is 26.9 Å². The van der Waals surface area contributed by atoms with E-state index in [1.165, 1.54) is 27.3 Å². The normalized spacial score (nSPS) is 13.0. The second kappa shape index (κ2) is 9.53. The van der Waals surface area contributed by atoms with Gasteiger partial charge < -0.3 is 5.73 Å². The van der Waals surface area contributed by atoms with Gasteiger partial charge in [-0.3, -0.25) is 4.79 Å².